The molecule has 0 bridgehead atoms. The van der Waals surface area contributed by atoms with Crippen molar-refractivity contribution in [1.29, 1.82) is 0 Å². The number of nitrogens with one attached hydrogen (secondary N) is 1. The molecular formula is C10H17N7O. The lowest BCUT2D eigenvalue weighted by molar-refractivity contribution is 0.276. The Labute approximate surface area is 105 Å². The van der Waals surface area contributed by atoms with Crippen molar-refractivity contribution < 1.29 is 5.11 Å². The van der Waals surface area contributed by atoms with Gasteiger partial charge in [-0.05, 0) is 6.42 Å². The maximum absolute atomic E-state index is 8.71. The van der Waals surface area contributed by atoms with Gasteiger partial charge in [0.1, 0.15) is 6.33 Å². The third kappa shape index (κ3) is 3.60. The van der Waals surface area contributed by atoms with Gasteiger partial charge in [0, 0.05) is 32.9 Å². The van der Waals surface area contributed by atoms with E-state index in [-0.39, 0.29) is 6.61 Å². The zero-order chi connectivity index (χ0) is 12.8. The van der Waals surface area contributed by atoms with Gasteiger partial charge in [-0.1, -0.05) is 5.21 Å². The molecule has 0 saturated carbocycles. The maximum Gasteiger partial charge on any atom is 0.164 e. The lowest BCUT2D eigenvalue weighted by Gasteiger charge is -1.98. The van der Waals surface area contributed by atoms with E-state index in [0.717, 1.165) is 11.5 Å². The molecule has 2 heterocycles. The number of hydrogen-bond acceptors (Lipinski definition) is 6. The van der Waals surface area contributed by atoms with Gasteiger partial charge in [-0.15, -0.1) is 5.10 Å². The summed E-state index contributed by atoms with van der Waals surface area (Å²) in [4.78, 5) is 4.11. The molecule has 2 rings (SSSR count). The number of aromatic nitrogens is 6. The summed E-state index contributed by atoms with van der Waals surface area (Å²) < 4.78 is 3.40. The average molecular weight is 251 g/mol. The van der Waals surface area contributed by atoms with Crippen LogP contribution in [-0.2, 0) is 26.7 Å². The van der Waals surface area contributed by atoms with Crippen molar-refractivity contribution in [2.24, 2.45) is 7.05 Å². The van der Waals surface area contributed by atoms with Crippen LogP contribution >= 0.6 is 0 Å². The summed E-state index contributed by atoms with van der Waals surface area (Å²) in [7, 11) is 1.84. The van der Waals surface area contributed by atoms with Gasteiger partial charge in [-0.2, -0.15) is 5.10 Å². The topological polar surface area (TPSA) is 93.7 Å². The standard InChI is InChI=1S/C10H17N7O/c1-16-8-12-10(14-16)6-11-5-9-7-17(15-13-9)3-2-4-18/h7-8,11,18H,2-6H2,1H3. The Kier molecular flexibility index (Phi) is 4.37. The summed E-state index contributed by atoms with van der Waals surface area (Å²) in [5.41, 5.74) is 0.865. The van der Waals surface area contributed by atoms with E-state index < -0.39 is 0 Å². The van der Waals surface area contributed by atoms with Crippen LogP contribution in [0.5, 0.6) is 0 Å². The minimum Gasteiger partial charge on any atom is -0.396 e. The minimum atomic E-state index is 0.165. The van der Waals surface area contributed by atoms with Crippen molar-refractivity contribution in [1.82, 2.24) is 35.1 Å². The Morgan fingerprint density at radius 1 is 1.39 bits per heavy atom. The molecule has 0 atom stereocenters. The fraction of sp³-hybridized carbons (Fsp3) is 0.600. The van der Waals surface area contributed by atoms with E-state index in [4.69, 9.17) is 5.11 Å². The van der Waals surface area contributed by atoms with Crippen LogP contribution < -0.4 is 5.32 Å². The molecule has 0 spiro atoms. The highest BCUT2D eigenvalue weighted by molar-refractivity contribution is 4.92. The van der Waals surface area contributed by atoms with Crippen LogP contribution in [-0.4, -0.2) is 41.5 Å². The van der Waals surface area contributed by atoms with Gasteiger partial charge < -0.3 is 10.4 Å². The fourth-order valence-corrected chi connectivity index (χ4v) is 1.53. The summed E-state index contributed by atoms with van der Waals surface area (Å²) in [6.45, 7) is 2.08. The number of nitrogens with zero attached hydrogens (tertiary/aromatic N) is 6. The lowest BCUT2D eigenvalue weighted by Crippen LogP contribution is -2.14. The van der Waals surface area contributed by atoms with Gasteiger partial charge in [0.05, 0.1) is 12.2 Å². The molecule has 0 fully saturated rings. The number of hydrogen-bond donors (Lipinski definition) is 2. The van der Waals surface area contributed by atoms with E-state index >= 15 is 0 Å². The van der Waals surface area contributed by atoms with Crippen molar-refractivity contribution in [3.8, 4) is 0 Å². The van der Waals surface area contributed by atoms with Crippen LogP contribution in [0.3, 0.4) is 0 Å². The van der Waals surface area contributed by atoms with E-state index in [1.807, 2.05) is 13.2 Å². The summed E-state index contributed by atoms with van der Waals surface area (Å²) in [5.74, 6) is 0.755. The van der Waals surface area contributed by atoms with Crippen LogP contribution in [0.4, 0.5) is 0 Å². The third-order valence-electron chi connectivity index (χ3n) is 2.37. The first kappa shape index (κ1) is 12.7. The predicted octanol–water partition coefficient (Wildman–Crippen LogP) is -0.921. The maximum atomic E-state index is 8.71. The van der Waals surface area contributed by atoms with Crippen LogP contribution in [0.15, 0.2) is 12.5 Å². The van der Waals surface area contributed by atoms with Crippen molar-refractivity contribution in [3.63, 3.8) is 0 Å². The molecule has 0 aliphatic rings. The van der Waals surface area contributed by atoms with Gasteiger partial charge in [0.25, 0.3) is 0 Å². The molecule has 98 valence electrons. The molecule has 8 nitrogen and oxygen atoms in total. The highest BCUT2D eigenvalue weighted by Gasteiger charge is 2.02. The number of aryl methyl sites for hydroxylation is 2. The smallest absolute Gasteiger partial charge is 0.164 e. The molecular weight excluding hydrogens is 234 g/mol. The predicted molar refractivity (Wildman–Crippen MR) is 63.3 cm³/mol. The van der Waals surface area contributed by atoms with E-state index in [9.17, 15) is 0 Å². The van der Waals surface area contributed by atoms with Crippen LogP contribution in [0.2, 0.25) is 0 Å². The summed E-state index contributed by atoms with van der Waals surface area (Å²) >= 11 is 0. The average Bonchev–Trinajstić information content (AvgIpc) is 2.96. The van der Waals surface area contributed by atoms with E-state index in [0.29, 0.717) is 26.1 Å². The molecule has 18 heavy (non-hydrogen) atoms. The second-order valence-corrected chi connectivity index (χ2v) is 3.99. The highest BCUT2D eigenvalue weighted by atomic mass is 16.3. The first-order chi connectivity index (χ1) is 8.78. The first-order valence-corrected chi connectivity index (χ1v) is 5.83. The van der Waals surface area contributed by atoms with E-state index in [1.54, 1.807) is 15.7 Å². The molecule has 0 amide bonds. The van der Waals surface area contributed by atoms with Crippen LogP contribution in [0.1, 0.15) is 17.9 Å². The summed E-state index contributed by atoms with van der Waals surface area (Å²) in [5, 5.41) is 24.1. The third-order valence-corrected chi connectivity index (χ3v) is 2.37. The zero-order valence-electron chi connectivity index (χ0n) is 10.3. The zero-order valence-corrected chi connectivity index (χ0v) is 10.3. The number of aliphatic hydroxyl groups excluding tert-OH is 1. The molecule has 2 aromatic rings. The number of rotatable bonds is 7. The second kappa shape index (κ2) is 6.22. The van der Waals surface area contributed by atoms with Crippen molar-refractivity contribution in [2.45, 2.75) is 26.1 Å². The second-order valence-electron chi connectivity index (χ2n) is 3.99. The van der Waals surface area contributed by atoms with Crippen LogP contribution in [0, 0.1) is 0 Å². The molecule has 2 N–H and O–H groups in total. The summed E-state index contributed by atoms with van der Waals surface area (Å²) in [6.07, 6.45) is 4.23. The molecule has 0 aliphatic carbocycles. The molecule has 0 aliphatic heterocycles. The molecule has 0 radical (unpaired) electrons. The molecule has 2 aromatic heterocycles. The van der Waals surface area contributed by atoms with Crippen molar-refractivity contribution in [2.75, 3.05) is 6.61 Å². The molecule has 8 heteroatoms. The molecule has 0 saturated heterocycles. The van der Waals surface area contributed by atoms with Gasteiger partial charge in [-0.3, -0.25) is 9.36 Å². The minimum absolute atomic E-state index is 0.165. The first-order valence-electron chi connectivity index (χ1n) is 5.83. The van der Waals surface area contributed by atoms with Crippen molar-refractivity contribution >= 4 is 0 Å². The van der Waals surface area contributed by atoms with Crippen molar-refractivity contribution in [3.05, 3.63) is 24.0 Å². The van der Waals surface area contributed by atoms with Gasteiger partial charge in [-0.25, -0.2) is 4.98 Å². The van der Waals surface area contributed by atoms with Gasteiger partial charge in [0.15, 0.2) is 5.82 Å². The Hall–Kier alpha value is -1.80. The summed E-state index contributed by atoms with van der Waals surface area (Å²) in [6, 6.07) is 0. The Balaban J connectivity index is 1.74. The SMILES string of the molecule is Cn1cnc(CNCc2cn(CCCO)nn2)n1. The van der Waals surface area contributed by atoms with Crippen LogP contribution in [0.25, 0.3) is 0 Å². The Morgan fingerprint density at radius 3 is 3.00 bits per heavy atom. The fourth-order valence-electron chi connectivity index (χ4n) is 1.53. The van der Waals surface area contributed by atoms with Gasteiger partial charge >= 0.3 is 0 Å². The lowest BCUT2D eigenvalue weighted by atomic mass is 10.4. The normalized spacial score (nSPS) is 11.0. The largest absolute Gasteiger partial charge is 0.396 e. The Bertz CT molecular complexity index is 478. The van der Waals surface area contributed by atoms with E-state index in [2.05, 4.69) is 25.7 Å². The quantitative estimate of drug-likeness (QED) is 0.661. The van der Waals surface area contributed by atoms with Gasteiger partial charge in [0.2, 0.25) is 0 Å². The van der Waals surface area contributed by atoms with E-state index in [1.165, 1.54) is 0 Å². The highest BCUT2D eigenvalue weighted by Crippen LogP contribution is 1.95. The number of aliphatic hydroxyl groups is 1. The molecule has 0 aromatic carbocycles. The monoisotopic (exact) mass is 251 g/mol. The molecule has 0 unspecified atom stereocenters. The Morgan fingerprint density at radius 2 is 2.28 bits per heavy atom.